The van der Waals surface area contributed by atoms with Gasteiger partial charge < -0.3 is 14.3 Å². The summed E-state index contributed by atoms with van der Waals surface area (Å²) in [7, 11) is 0. The molecule has 0 spiro atoms. The maximum atomic E-state index is 9.55. The zero-order valence-corrected chi connectivity index (χ0v) is 8.06. The summed E-state index contributed by atoms with van der Waals surface area (Å²) in [4.78, 5) is 0. The van der Waals surface area contributed by atoms with Gasteiger partial charge in [0, 0.05) is 13.0 Å². The molecule has 1 N–H and O–H groups in total. The number of furan rings is 1. The van der Waals surface area contributed by atoms with Crippen molar-refractivity contribution >= 4 is 0 Å². The van der Waals surface area contributed by atoms with Crippen molar-refractivity contribution in [1.29, 1.82) is 0 Å². The van der Waals surface area contributed by atoms with E-state index >= 15 is 0 Å². The van der Waals surface area contributed by atoms with E-state index in [2.05, 4.69) is 0 Å². The molecular formula is C10H16O3. The molecule has 0 aromatic carbocycles. The maximum absolute atomic E-state index is 9.55. The topological polar surface area (TPSA) is 42.6 Å². The zero-order valence-electron chi connectivity index (χ0n) is 8.06. The number of rotatable bonds is 5. The van der Waals surface area contributed by atoms with Crippen LogP contribution in [0.15, 0.2) is 22.8 Å². The van der Waals surface area contributed by atoms with Crippen LogP contribution in [0.4, 0.5) is 0 Å². The second kappa shape index (κ2) is 5.04. The number of hydrogen-bond donors (Lipinski definition) is 1. The van der Waals surface area contributed by atoms with Gasteiger partial charge >= 0.3 is 0 Å². The first-order valence-corrected chi connectivity index (χ1v) is 4.53. The van der Waals surface area contributed by atoms with Gasteiger partial charge in [-0.15, -0.1) is 0 Å². The second-order valence-electron chi connectivity index (χ2n) is 3.24. The van der Waals surface area contributed by atoms with Gasteiger partial charge in [-0.2, -0.15) is 0 Å². The lowest BCUT2D eigenvalue weighted by Gasteiger charge is -2.10. The minimum atomic E-state index is -0.547. The van der Waals surface area contributed by atoms with E-state index in [1.54, 1.807) is 18.4 Å². The molecular weight excluding hydrogens is 168 g/mol. The molecule has 0 aliphatic heterocycles. The number of hydrogen-bond acceptors (Lipinski definition) is 3. The standard InChI is InChI=1S/C10H16O3/c1-8(2)12-7-5-9(11)10-4-3-6-13-10/h3-4,6,8-9,11H,5,7H2,1-2H3. The highest BCUT2D eigenvalue weighted by Crippen LogP contribution is 2.16. The minimum absolute atomic E-state index is 0.212. The summed E-state index contributed by atoms with van der Waals surface area (Å²) in [5.74, 6) is 0.604. The molecule has 0 saturated heterocycles. The third kappa shape index (κ3) is 3.61. The maximum Gasteiger partial charge on any atom is 0.132 e. The molecule has 0 fully saturated rings. The average molecular weight is 184 g/mol. The van der Waals surface area contributed by atoms with Crippen LogP contribution in [0, 0.1) is 0 Å². The Labute approximate surface area is 78.3 Å². The van der Waals surface area contributed by atoms with E-state index in [1.807, 2.05) is 13.8 Å². The molecule has 1 aromatic rings. The van der Waals surface area contributed by atoms with Gasteiger partial charge in [-0.1, -0.05) is 0 Å². The Bertz CT molecular complexity index is 216. The predicted molar refractivity (Wildman–Crippen MR) is 49.4 cm³/mol. The van der Waals surface area contributed by atoms with Crippen molar-refractivity contribution in [2.45, 2.75) is 32.5 Å². The summed E-state index contributed by atoms with van der Waals surface area (Å²) in [6, 6.07) is 3.53. The fourth-order valence-corrected chi connectivity index (χ4v) is 1.04. The van der Waals surface area contributed by atoms with Crippen molar-refractivity contribution in [3.63, 3.8) is 0 Å². The molecule has 0 aliphatic rings. The first kappa shape index (κ1) is 10.3. The van der Waals surface area contributed by atoms with Gasteiger partial charge in [0.15, 0.2) is 0 Å². The molecule has 1 aromatic heterocycles. The predicted octanol–water partition coefficient (Wildman–Crippen LogP) is 2.13. The highest BCUT2D eigenvalue weighted by atomic mass is 16.5. The number of aliphatic hydroxyl groups excluding tert-OH is 1. The van der Waals surface area contributed by atoms with Gasteiger partial charge in [-0.3, -0.25) is 0 Å². The van der Waals surface area contributed by atoms with E-state index in [9.17, 15) is 5.11 Å². The fraction of sp³-hybridized carbons (Fsp3) is 0.600. The quantitative estimate of drug-likeness (QED) is 0.762. The van der Waals surface area contributed by atoms with Crippen LogP contribution in [0.2, 0.25) is 0 Å². The molecule has 1 unspecified atom stereocenters. The largest absolute Gasteiger partial charge is 0.467 e. The van der Waals surface area contributed by atoms with E-state index in [0.29, 0.717) is 18.8 Å². The molecule has 0 aliphatic carbocycles. The van der Waals surface area contributed by atoms with Crippen LogP contribution >= 0.6 is 0 Å². The van der Waals surface area contributed by atoms with Crippen LogP contribution in [0.5, 0.6) is 0 Å². The number of aliphatic hydroxyl groups is 1. The monoisotopic (exact) mass is 184 g/mol. The lowest BCUT2D eigenvalue weighted by molar-refractivity contribution is 0.0405. The lowest BCUT2D eigenvalue weighted by atomic mass is 10.2. The highest BCUT2D eigenvalue weighted by Gasteiger charge is 2.09. The summed E-state index contributed by atoms with van der Waals surface area (Å²) in [6.07, 6.45) is 1.80. The van der Waals surface area contributed by atoms with Crippen molar-refractivity contribution in [2.24, 2.45) is 0 Å². The Morgan fingerprint density at radius 2 is 2.31 bits per heavy atom. The zero-order chi connectivity index (χ0) is 9.68. The van der Waals surface area contributed by atoms with Crippen LogP contribution in [0.3, 0.4) is 0 Å². The van der Waals surface area contributed by atoms with Crippen molar-refractivity contribution in [1.82, 2.24) is 0 Å². The van der Waals surface area contributed by atoms with E-state index in [0.717, 1.165) is 0 Å². The Morgan fingerprint density at radius 1 is 1.54 bits per heavy atom. The molecule has 0 bridgehead atoms. The van der Waals surface area contributed by atoms with Gasteiger partial charge in [0.1, 0.15) is 11.9 Å². The summed E-state index contributed by atoms with van der Waals surface area (Å²) >= 11 is 0. The SMILES string of the molecule is CC(C)OCCC(O)c1ccco1. The fourth-order valence-electron chi connectivity index (χ4n) is 1.04. The van der Waals surface area contributed by atoms with Crippen molar-refractivity contribution < 1.29 is 14.3 Å². The molecule has 13 heavy (non-hydrogen) atoms. The summed E-state index contributed by atoms with van der Waals surface area (Å²) in [5.41, 5.74) is 0. The third-order valence-electron chi connectivity index (χ3n) is 1.71. The molecule has 1 atom stereocenters. The van der Waals surface area contributed by atoms with Crippen molar-refractivity contribution in [3.8, 4) is 0 Å². The third-order valence-corrected chi connectivity index (χ3v) is 1.71. The van der Waals surface area contributed by atoms with Gasteiger partial charge in [0.25, 0.3) is 0 Å². The van der Waals surface area contributed by atoms with Crippen LogP contribution in [0.25, 0.3) is 0 Å². The van der Waals surface area contributed by atoms with E-state index < -0.39 is 6.10 Å². The molecule has 0 radical (unpaired) electrons. The van der Waals surface area contributed by atoms with Gasteiger partial charge in [-0.05, 0) is 26.0 Å². The van der Waals surface area contributed by atoms with Gasteiger partial charge in [0.2, 0.25) is 0 Å². The molecule has 0 amide bonds. The molecule has 1 rings (SSSR count). The molecule has 3 nitrogen and oxygen atoms in total. The van der Waals surface area contributed by atoms with Crippen molar-refractivity contribution in [3.05, 3.63) is 24.2 Å². The Hall–Kier alpha value is -0.800. The van der Waals surface area contributed by atoms with Crippen LogP contribution in [-0.4, -0.2) is 17.8 Å². The Kier molecular flexibility index (Phi) is 3.99. The Balaban J connectivity index is 2.22. The normalized spacial score (nSPS) is 13.5. The molecule has 3 heteroatoms. The molecule has 74 valence electrons. The first-order valence-electron chi connectivity index (χ1n) is 4.53. The van der Waals surface area contributed by atoms with Crippen molar-refractivity contribution in [2.75, 3.05) is 6.61 Å². The molecule has 1 heterocycles. The minimum Gasteiger partial charge on any atom is -0.467 e. The van der Waals surface area contributed by atoms with E-state index in [1.165, 1.54) is 0 Å². The Morgan fingerprint density at radius 3 is 2.85 bits per heavy atom. The summed E-state index contributed by atoms with van der Waals surface area (Å²) in [5, 5.41) is 9.55. The molecule has 0 saturated carbocycles. The number of ether oxygens (including phenoxy) is 1. The van der Waals surface area contributed by atoms with Gasteiger partial charge in [-0.25, -0.2) is 0 Å². The van der Waals surface area contributed by atoms with E-state index in [-0.39, 0.29) is 6.10 Å². The average Bonchev–Trinajstić information content (AvgIpc) is 2.55. The highest BCUT2D eigenvalue weighted by molar-refractivity contribution is 5.01. The smallest absolute Gasteiger partial charge is 0.132 e. The van der Waals surface area contributed by atoms with Crippen LogP contribution in [0.1, 0.15) is 32.1 Å². The second-order valence-corrected chi connectivity index (χ2v) is 3.24. The van der Waals surface area contributed by atoms with E-state index in [4.69, 9.17) is 9.15 Å². The summed E-state index contributed by atoms with van der Waals surface area (Å²) < 4.78 is 10.4. The van der Waals surface area contributed by atoms with Crippen LogP contribution < -0.4 is 0 Å². The first-order chi connectivity index (χ1) is 6.20. The lowest BCUT2D eigenvalue weighted by Crippen LogP contribution is -2.07. The van der Waals surface area contributed by atoms with Crippen LogP contribution in [-0.2, 0) is 4.74 Å². The summed E-state index contributed by atoms with van der Waals surface area (Å²) in [6.45, 7) is 4.50. The van der Waals surface area contributed by atoms with Gasteiger partial charge in [0.05, 0.1) is 12.4 Å².